The van der Waals surface area contributed by atoms with Gasteiger partial charge in [-0.25, -0.2) is 18.8 Å². The summed E-state index contributed by atoms with van der Waals surface area (Å²) in [6.45, 7) is -1.90. The summed E-state index contributed by atoms with van der Waals surface area (Å²) in [6, 6.07) is -1.53. The van der Waals surface area contributed by atoms with Gasteiger partial charge in [0.2, 0.25) is 3.79 Å². The molecule has 0 saturated carbocycles. The van der Waals surface area contributed by atoms with Gasteiger partial charge in [-0.05, 0) is 0 Å². The molecular formula is C10H12Cl3FN2O6. The first-order chi connectivity index (χ1) is 9.93. The molecule has 0 bridgehead atoms. The van der Waals surface area contributed by atoms with Crippen molar-refractivity contribution in [3.05, 3.63) is 0 Å². The molecule has 22 heavy (non-hydrogen) atoms. The lowest BCUT2D eigenvalue weighted by molar-refractivity contribution is -0.141. The number of nitrogens with zero attached hydrogens (tertiary/aromatic N) is 1. The van der Waals surface area contributed by atoms with E-state index in [9.17, 15) is 18.8 Å². The number of amides is 2. The molecule has 0 radical (unpaired) electrons. The Balaban J connectivity index is 2.56. The smallest absolute Gasteiger partial charge is 0.408 e. The quantitative estimate of drug-likeness (QED) is 0.637. The van der Waals surface area contributed by atoms with Crippen molar-refractivity contribution in [2.24, 2.45) is 0 Å². The lowest BCUT2D eigenvalue weighted by atomic mass is 10.0. The number of nitrogens with one attached hydrogen (secondary N) is 1. The first-order valence-corrected chi connectivity index (χ1v) is 6.95. The van der Waals surface area contributed by atoms with Gasteiger partial charge in [-0.15, -0.1) is 0 Å². The molecule has 0 aromatic rings. The highest BCUT2D eigenvalue weighted by Crippen LogP contribution is 2.31. The third-order valence-electron chi connectivity index (χ3n) is 2.84. The van der Waals surface area contributed by atoms with E-state index in [1.54, 1.807) is 0 Å². The van der Waals surface area contributed by atoms with Crippen LogP contribution in [0.15, 0.2) is 0 Å². The second-order valence-corrected chi connectivity index (χ2v) is 7.18. The molecule has 8 nitrogen and oxygen atoms in total. The van der Waals surface area contributed by atoms with Crippen LogP contribution in [0.3, 0.4) is 0 Å². The Hall–Kier alpha value is -1.19. The first-order valence-electron chi connectivity index (χ1n) is 5.82. The molecule has 12 heteroatoms. The number of rotatable bonds is 4. The van der Waals surface area contributed by atoms with Crippen LogP contribution in [0, 0.1) is 0 Å². The second kappa shape index (κ2) is 6.93. The van der Waals surface area contributed by atoms with Crippen molar-refractivity contribution in [3.63, 3.8) is 0 Å². The Morgan fingerprint density at radius 2 is 1.95 bits per heavy atom. The van der Waals surface area contributed by atoms with Crippen molar-refractivity contribution in [1.29, 1.82) is 0 Å². The molecule has 2 amide bonds. The number of hydrogen-bond acceptors (Lipinski definition) is 4. The standard InChI is InChI=1S/C10H12Cl3FN2O6/c11-10(12,13)4-22-7(19)15-2-9(14)1-5(6(17)18)16(3-9)8(20)21/h5H,1-4H2,(H,15,19)(H,17,18)(H,20,21)/t5-,9-/m0/s1. The predicted molar refractivity (Wildman–Crippen MR) is 74.3 cm³/mol. The van der Waals surface area contributed by atoms with Crippen LogP contribution < -0.4 is 5.32 Å². The Bertz CT molecular complexity index is 450. The fourth-order valence-electron chi connectivity index (χ4n) is 1.92. The van der Waals surface area contributed by atoms with Crippen LogP contribution in [-0.4, -0.2) is 68.5 Å². The number of carboxylic acids is 1. The molecule has 1 aliphatic heterocycles. The van der Waals surface area contributed by atoms with Crippen LogP contribution in [0.1, 0.15) is 6.42 Å². The molecule has 0 aliphatic carbocycles. The highest BCUT2D eigenvalue weighted by atomic mass is 35.6. The van der Waals surface area contributed by atoms with E-state index in [0.717, 1.165) is 0 Å². The third-order valence-corrected chi connectivity index (χ3v) is 3.16. The summed E-state index contributed by atoms with van der Waals surface area (Å²) in [5.41, 5.74) is -2.24. The van der Waals surface area contributed by atoms with E-state index in [1.165, 1.54) is 0 Å². The van der Waals surface area contributed by atoms with Gasteiger partial charge in [0.15, 0.2) is 0 Å². The van der Waals surface area contributed by atoms with Crippen molar-refractivity contribution >= 4 is 53.0 Å². The first kappa shape index (κ1) is 18.9. The lowest BCUT2D eigenvalue weighted by Crippen LogP contribution is -2.43. The van der Waals surface area contributed by atoms with E-state index in [1.807, 2.05) is 5.32 Å². The number of alkyl halides is 4. The van der Waals surface area contributed by atoms with Crippen LogP contribution in [0.5, 0.6) is 0 Å². The maximum Gasteiger partial charge on any atom is 0.408 e. The Morgan fingerprint density at radius 3 is 2.36 bits per heavy atom. The van der Waals surface area contributed by atoms with Crippen molar-refractivity contribution in [2.45, 2.75) is 21.9 Å². The molecular weight excluding hydrogens is 369 g/mol. The van der Waals surface area contributed by atoms with E-state index in [-0.39, 0.29) is 0 Å². The van der Waals surface area contributed by atoms with Crippen molar-refractivity contribution in [2.75, 3.05) is 19.7 Å². The molecule has 0 spiro atoms. The molecule has 3 N–H and O–H groups in total. The molecule has 126 valence electrons. The number of carbonyl (C=O) groups excluding carboxylic acids is 1. The van der Waals surface area contributed by atoms with Gasteiger partial charge in [-0.2, -0.15) is 0 Å². The van der Waals surface area contributed by atoms with Gasteiger partial charge in [0.1, 0.15) is 18.3 Å². The van der Waals surface area contributed by atoms with E-state index in [4.69, 9.17) is 45.0 Å². The summed E-state index contributed by atoms with van der Waals surface area (Å²) in [6.07, 6.45) is -3.24. The number of hydrogen-bond donors (Lipinski definition) is 3. The van der Waals surface area contributed by atoms with Gasteiger partial charge in [0, 0.05) is 6.42 Å². The zero-order chi connectivity index (χ0) is 17.1. The fourth-order valence-corrected chi connectivity index (χ4v) is 2.08. The Kier molecular flexibility index (Phi) is 5.94. The normalized spacial score (nSPS) is 24.9. The molecule has 1 heterocycles. The molecule has 2 atom stereocenters. The summed E-state index contributed by atoms with van der Waals surface area (Å²) < 4.78 is 17.1. The lowest BCUT2D eigenvalue weighted by Gasteiger charge is -2.20. The summed E-state index contributed by atoms with van der Waals surface area (Å²) >= 11 is 16.1. The van der Waals surface area contributed by atoms with Crippen molar-refractivity contribution < 1.29 is 33.7 Å². The Morgan fingerprint density at radius 1 is 1.36 bits per heavy atom. The zero-order valence-corrected chi connectivity index (χ0v) is 13.2. The molecule has 1 aliphatic rings. The number of likely N-dealkylation sites (tertiary alicyclic amines) is 1. The molecule has 1 rings (SSSR count). The van der Waals surface area contributed by atoms with Crippen molar-refractivity contribution in [1.82, 2.24) is 10.2 Å². The minimum absolute atomic E-state index is 0.455. The minimum atomic E-state index is -2.24. The van der Waals surface area contributed by atoms with Crippen LogP contribution in [0.4, 0.5) is 14.0 Å². The van der Waals surface area contributed by atoms with Gasteiger partial charge in [-0.3, -0.25) is 4.90 Å². The molecule has 1 fully saturated rings. The number of ether oxygens (including phenoxy) is 1. The maximum absolute atomic E-state index is 14.5. The summed E-state index contributed by atoms with van der Waals surface area (Å²) in [7, 11) is 0. The zero-order valence-electron chi connectivity index (χ0n) is 10.9. The van der Waals surface area contributed by atoms with E-state index in [0.29, 0.717) is 4.90 Å². The van der Waals surface area contributed by atoms with Crippen LogP contribution in [0.25, 0.3) is 0 Å². The predicted octanol–water partition coefficient (Wildman–Crippen LogP) is 1.63. The highest BCUT2D eigenvalue weighted by molar-refractivity contribution is 6.67. The van der Waals surface area contributed by atoms with Crippen LogP contribution in [0.2, 0.25) is 0 Å². The van der Waals surface area contributed by atoms with Crippen LogP contribution in [-0.2, 0) is 9.53 Å². The number of halogens is 4. The molecule has 0 aromatic heterocycles. The van der Waals surface area contributed by atoms with Crippen LogP contribution >= 0.6 is 34.8 Å². The third kappa shape index (κ3) is 5.54. The molecule has 0 unspecified atom stereocenters. The number of aliphatic carboxylic acids is 1. The van der Waals surface area contributed by atoms with Crippen molar-refractivity contribution in [3.8, 4) is 0 Å². The van der Waals surface area contributed by atoms with Gasteiger partial charge in [0.25, 0.3) is 0 Å². The van der Waals surface area contributed by atoms with Gasteiger partial charge >= 0.3 is 18.2 Å². The number of carboxylic acid groups (broad SMARTS) is 2. The van der Waals surface area contributed by atoms with Gasteiger partial charge in [-0.1, -0.05) is 34.8 Å². The SMILES string of the molecule is O=C(NC[C@@]1(F)C[C@@H](C(=O)O)N(C(=O)O)C1)OCC(Cl)(Cl)Cl. The van der Waals surface area contributed by atoms with Gasteiger partial charge in [0.05, 0.1) is 13.1 Å². The molecule has 0 aromatic carbocycles. The number of alkyl carbamates (subject to hydrolysis) is 1. The van der Waals surface area contributed by atoms with Gasteiger partial charge < -0.3 is 20.3 Å². The average molecular weight is 382 g/mol. The number of carbonyl (C=O) groups is 3. The Labute approximate surface area is 139 Å². The monoisotopic (exact) mass is 380 g/mol. The van der Waals surface area contributed by atoms with E-state index in [2.05, 4.69) is 4.74 Å². The molecule has 1 saturated heterocycles. The fraction of sp³-hybridized carbons (Fsp3) is 0.700. The summed E-state index contributed by atoms with van der Waals surface area (Å²) in [5.74, 6) is -1.47. The van der Waals surface area contributed by atoms with E-state index < -0.39 is 59.8 Å². The topological polar surface area (TPSA) is 116 Å². The minimum Gasteiger partial charge on any atom is -0.480 e. The second-order valence-electron chi connectivity index (χ2n) is 4.66. The average Bonchev–Trinajstić information content (AvgIpc) is 2.72. The summed E-state index contributed by atoms with van der Waals surface area (Å²) in [4.78, 5) is 33.6. The summed E-state index contributed by atoms with van der Waals surface area (Å²) in [5, 5.41) is 19.8. The largest absolute Gasteiger partial charge is 0.480 e. The highest BCUT2D eigenvalue weighted by Gasteiger charge is 2.50. The maximum atomic E-state index is 14.5. The van der Waals surface area contributed by atoms with E-state index >= 15 is 0 Å².